The molecule has 0 N–H and O–H groups in total. The van der Waals surface area contributed by atoms with Gasteiger partial charge in [-0.2, -0.15) is 0 Å². The van der Waals surface area contributed by atoms with Crippen LogP contribution in [0.3, 0.4) is 0 Å². The van der Waals surface area contributed by atoms with Crippen molar-refractivity contribution in [1.29, 1.82) is 0 Å². The number of rotatable bonds is 11. The summed E-state index contributed by atoms with van der Waals surface area (Å²) < 4.78 is 12.3. The number of unbranched alkanes of at least 4 members (excludes halogenated alkanes) is 4. The minimum absolute atomic E-state index is 0.522. The van der Waals surface area contributed by atoms with Crippen LogP contribution >= 0.6 is 15.9 Å². The van der Waals surface area contributed by atoms with Crippen molar-refractivity contribution in [3.05, 3.63) is 40.9 Å². The Bertz CT molecular complexity index is 391. The molecule has 2 nitrogen and oxygen atoms in total. The molecule has 0 atom stereocenters. The highest BCUT2D eigenvalue weighted by Crippen LogP contribution is 2.22. The molecule has 0 fully saturated rings. The van der Waals surface area contributed by atoms with E-state index in [1.807, 2.05) is 12.1 Å². The molecular formula is C17H25BrO2. The molecule has 0 saturated heterocycles. The van der Waals surface area contributed by atoms with Crippen LogP contribution in [-0.4, -0.2) is 13.2 Å². The molecule has 0 spiro atoms. The van der Waals surface area contributed by atoms with Gasteiger partial charge in [-0.05, 0) is 30.2 Å². The summed E-state index contributed by atoms with van der Waals surface area (Å²) in [5.74, 6) is 0.848. The lowest BCUT2D eigenvalue weighted by Gasteiger charge is -2.08. The third kappa shape index (κ3) is 7.71. The maximum Gasteiger partial charge on any atom is 0.121 e. The molecule has 0 aliphatic heterocycles. The van der Waals surface area contributed by atoms with Crippen molar-refractivity contribution in [2.75, 3.05) is 13.2 Å². The fraction of sp³-hybridized carbons (Fsp3) is 0.529. The van der Waals surface area contributed by atoms with Gasteiger partial charge in [0.2, 0.25) is 0 Å². The van der Waals surface area contributed by atoms with Gasteiger partial charge in [0.25, 0.3) is 0 Å². The predicted octanol–water partition coefficient (Wildman–Crippen LogP) is 5.50. The summed E-state index contributed by atoms with van der Waals surface area (Å²) in [6, 6.07) is 6.04. The lowest BCUT2D eigenvalue weighted by Crippen LogP contribution is -1.98. The second kappa shape index (κ2) is 10.9. The third-order valence-corrected chi connectivity index (χ3v) is 3.42. The highest BCUT2D eigenvalue weighted by Gasteiger charge is 2.01. The van der Waals surface area contributed by atoms with E-state index in [1.165, 1.54) is 25.7 Å². The number of ether oxygens (including phenoxy) is 2. The van der Waals surface area contributed by atoms with Crippen molar-refractivity contribution in [1.82, 2.24) is 0 Å². The monoisotopic (exact) mass is 340 g/mol. The fourth-order valence-electron chi connectivity index (χ4n) is 1.94. The average Bonchev–Trinajstić information content (AvgIpc) is 2.43. The van der Waals surface area contributed by atoms with Gasteiger partial charge in [-0.1, -0.05) is 61.2 Å². The van der Waals surface area contributed by atoms with Crippen LogP contribution in [0.25, 0.3) is 0 Å². The largest absolute Gasteiger partial charge is 0.490 e. The Labute approximate surface area is 131 Å². The van der Waals surface area contributed by atoms with Gasteiger partial charge in [-0.15, -0.1) is 0 Å². The molecule has 0 bridgehead atoms. The van der Waals surface area contributed by atoms with Gasteiger partial charge in [0.15, 0.2) is 0 Å². The minimum Gasteiger partial charge on any atom is -0.490 e. The topological polar surface area (TPSA) is 18.5 Å². The Morgan fingerprint density at radius 1 is 1.15 bits per heavy atom. The number of halogens is 1. The van der Waals surface area contributed by atoms with Crippen LogP contribution in [0, 0.1) is 0 Å². The lowest BCUT2D eigenvalue weighted by molar-refractivity contribution is 0.116. The van der Waals surface area contributed by atoms with Crippen molar-refractivity contribution < 1.29 is 9.47 Å². The molecule has 3 heteroatoms. The number of benzene rings is 1. The van der Waals surface area contributed by atoms with Crippen LogP contribution in [0.4, 0.5) is 0 Å². The molecule has 0 amide bonds. The summed E-state index contributed by atoms with van der Waals surface area (Å²) in [4.78, 5) is 0. The van der Waals surface area contributed by atoms with Crippen LogP contribution in [-0.2, 0) is 11.3 Å². The Balaban J connectivity index is 2.28. The van der Waals surface area contributed by atoms with Gasteiger partial charge in [-0.25, -0.2) is 0 Å². The third-order valence-electron chi connectivity index (χ3n) is 2.96. The summed E-state index contributed by atoms with van der Waals surface area (Å²) in [6.07, 6.45) is 8.08. The van der Waals surface area contributed by atoms with Crippen molar-refractivity contribution in [3.8, 4) is 5.75 Å². The second-order valence-electron chi connectivity index (χ2n) is 4.86. The van der Waals surface area contributed by atoms with Crippen molar-refractivity contribution >= 4 is 15.9 Å². The van der Waals surface area contributed by atoms with Gasteiger partial charge >= 0.3 is 0 Å². The first-order valence-corrected chi connectivity index (χ1v) is 8.16. The van der Waals surface area contributed by atoms with E-state index >= 15 is 0 Å². The zero-order valence-corrected chi connectivity index (χ0v) is 14.0. The molecule has 0 saturated carbocycles. The molecule has 20 heavy (non-hydrogen) atoms. The van der Waals surface area contributed by atoms with Crippen molar-refractivity contribution in [3.63, 3.8) is 0 Å². The first-order chi connectivity index (χ1) is 9.76. The van der Waals surface area contributed by atoms with E-state index in [0.717, 1.165) is 28.8 Å². The molecule has 112 valence electrons. The van der Waals surface area contributed by atoms with Crippen molar-refractivity contribution in [2.24, 2.45) is 0 Å². The van der Waals surface area contributed by atoms with Gasteiger partial charge in [-0.3, -0.25) is 0 Å². The highest BCUT2D eigenvalue weighted by atomic mass is 79.9. The summed E-state index contributed by atoms with van der Waals surface area (Å²) in [6.45, 7) is 7.87. The molecule has 0 aromatic heterocycles. The zero-order valence-electron chi connectivity index (χ0n) is 12.4. The maximum atomic E-state index is 5.72. The van der Waals surface area contributed by atoms with E-state index in [1.54, 1.807) is 6.08 Å². The Morgan fingerprint density at radius 2 is 1.95 bits per heavy atom. The molecule has 1 rings (SSSR count). The average molecular weight is 341 g/mol. The van der Waals surface area contributed by atoms with E-state index in [-0.39, 0.29) is 0 Å². The molecule has 0 radical (unpaired) electrons. The molecule has 1 aromatic rings. The lowest BCUT2D eigenvalue weighted by atomic mass is 10.2. The van der Waals surface area contributed by atoms with Crippen LogP contribution in [0.15, 0.2) is 35.3 Å². The van der Waals surface area contributed by atoms with Crippen LogP contribution in [0.5, 0.6) is 5.75 Å². The van der Waals surface area contributed by atoms with E-state index < -0.39 is 0 Å². The summed E-state index contributed by atoms with van der Waals surface area (Å²) in [7, 11) is 0. The normalized spacial score (nSPS) is 10.5. The van der Waals surface area contributed by atoms with Gasteiger partial charge in [0, 0.05) is 11.1 Å². The molecular weight excluding hydrogens is 316 g/mol. The standard InChI is InChI=1S/C17H25BrO2/c1-3-5-6-7-8-10-19-14-15-11-16(18)13-17(12-15)20-9-4-2/h4,11-13H,2-3,5-10,14H2,1H3. The first kappa shape index (κ1) is 17.3. The minimum atomic E-state index is 0.522. The van der Waals surface area contributed by atoms with Crippen molar-refractivity contribution in [2.45, 2.75) is 45.6 Å². The Morgan fingerprint density at radius 3 is 2.70 bits per heavy atom. The smallest absolute Gasteiger partial charge is 0.121 e. The van der Waals surface area contributed by atoms with Crippen LogP contribution in [0.1, 0.15) is 44.6 Å². The molecule has 1 aromatic carbocycles. The van der Waals surface area contributed by atoms with Gasteiger partial charge in [0.05, 0.1) is 6.61 Å². The Kier molecular flexibility index (Phi) is 9.42. The Hall–Kier alpha value is -0.800. The second-order valence-corrected chi connectivity index (χ2v) is 5.78. The predicted molar refractivity (Wildman–Crippen MR) is 88.2 cm³/mol. The molecule has 0 unspecified atom stereocenters. The quantitative estimate of drug-likeness (QED) is 0.391. The first-order valence-electron chi connectivity index (χ1n) is 7.37. The van der Waals surface area contributed by atoms with Gasteiger partial charge in [0.1, 0.15) is 12.4 Å². The van der Waals surface area contributed by atoms with E-state index in [4.69, 9.17) is 9.47 Å². The van der Waals surface area contributed by atoms with E-state index in [0.29, 0.717) is 13.2 Å². The molecule has 0 aliphatic carbocycles. The number of hydrogen-bond acceptors (Lipinski definition) is 2. The number of hydrogen-bond donors (Lipinski definition) is 0. The van der Waals surface area contributed by atoms with E-state index in [9.17, 15) is 0 Å². The zero-order chi connectivity index (χ0) is 14.6. The van der Waals surface area contributed by atoms with Gasteiger partial charge < -0.3 is 9.47 Å². The fourth-order valence-corrected chi connectivity index (χ4v) is 2.46. The summed E-state index contributed by atoms with van der Waals surface area (Å²) in [5.41, 5.74) is 1.13. The summed E-state index contributed by atoms with van der Waals surface area (Å²) >= 11 is 3.49. The van der Waals surface area contributed by atoms with Crippen LogP contribution in [0.2, 0.25) is 0 Å². The molecule has 0 aliphatic rings. The SMILES string of the molecule is C=CCOc1cc(Br)cc(COCCCCCCC)c1. The maximum absolute atomic E-state index is 5.72. The molecule has 0 heterocycles. The van der Waals surface area contributed by atoms with Crippen LogP contribution < -0.4 is 4.74 Å². The van der Waals surface area contributed by atoms with E-state index in [2.05, 4.69) is 35.5 Å². The highest BCUT2D eigenvalue weighted by molar-refractivity contribution is 9.10. The summed E-state index contributed by atoms with van der Waals surface area (Å²) in [5, 5.41) is 0.